The molecule has 0 saturated carbocycles. The van der Waals surface area contributed by atoms with E-state index in [1.165, 1.54) is 55.6 Å². The number of aryl methyl sites for hydroxylation is 6. The number of nitriles is 4. The van der Waals surface area contributed by atoms with Crippen LogP contribution in [0, 0.1) is 134 Å². The van der Waals surface area contributed by atoms with Crippen LogP contribution in [0.3, 0.4) is 0 Å². The first kappa shape index (κ1) is 114. The molecule has 0 aliphatic heterocycles. The van der Waals surface area contributed by atoms with Crippen LogP contribution in [-0.2, 0) is 52.1 Å². The van der Waals surface area contributed by atoms with E-state index in [0.29, 0.717) is 22.3 Å². The van der Waals surface area contributed by atoms with Crippen molar-refractivity contribution < 1.29 is 14.2 Å². The predicted molar refractivity (Wildman–Crippen MR) is 569 cm³/mol. The molecule has 14 heteroatoms. The van der Waals surface area contributed by atoms with E-state index < -0.39 is 0 Å². The molecular formula is C122H150N10O3S. The van der Waals surface area contributed by atoms with E-state index in [4.69, 9.17) is 35.3 Å². The van der Waals surface area contributed by atoms with Crippen molar-refractivity contribution >= 4 is 11.3 Å². The van der Waals surface area contributed by atoms with Gasteiger partial charge in [-0.1, -0.05) is 254 Å². The van der Waals surface area contributed by atoms with Crippen molar-refractivity contribution in [3.8, 4) is 71.6 Å². The number of pyridine rings is 2. The zero-order valence-electron chi connectivity index (χ0n) is 88.5. The number of nitrogens with zero attached hydrogens (tertiary/aromatic N) is 10. The number of rotatable bonds is 12. The van der Waals surface area contributed by atoms with Gasteiger partial charge in [0.25, 0.3) is 0 Å². The summed E-state index contributed by atoms with van der Waals surface area (Å²) in [6, 6.07) is 71.1. The van der Waals surface area contributed by atoms with Crippen LogP contribution in [0.4, 0.5) is 0 Å². The van der Waals surface area contributed by atoms with Gasteiger partial charge in [-0.2, -0.15) is 21.0 Å². The van der Waals surface area contributed by atoms with Crippen molar-refractivity contribution in [3.63, 3.8) is 0 Å². The van der Waals surface area contributed by atoms with Crippen LogP contribution < -0.4 is 0 Å². The van der Waals surface area contributed by atoms with Crippen molar-refractivity contribution in [1.29, 1.82) is 21.0 Å². The fraction of sp³-hybridized carbons (Fsp3) is 0.402. The van der Waals surface area contributed by atoms with Crippen LogP contribution in [0.15, 0.2) is 200 Å². The molecule has 0 spiro atoms. The molecule has 3 atom stereocenters. The van der Waals surface area contributed by atoms with Crippen LogP contribution in [0.5, 0.6) is 0 Å². The highest BCUT2D eigenvalue weighted by atomic mass is 32.1. The smallest absolute Gasteiger partial charge is 0.124 e. The minimum Gasteiger partial charge on any atom is -0.375 e. The second-order valence-corrected chi connectivity index (χ2v) is 43.5. The van der Waals surface area contributed by atoms with E-state index in [9.17, 15) is 0 Å². The standard InChI is InChI=1S/C19H18N2.C19H17N.C18H16N2.C17H16N2S.C17H29NO.2C16H27NO/c1-14-6-5-7-18(21-14)9-8-15-10-16(13-20)12-17(11-15)19(2,3)4;1-19(2,3)18-12-16(11-17(13-18)14-20)10-9-15-7-5-4-6-8-15;1-18(2,3)16-11-14(10-15(12-16)13-19)7-8-17-6-4-5-9-20-17;1-12-19-16(11-20-12)6-5-13-7-14(10-18)9-15(8-13)17(2,3)4;1-12-9-14(16(19-8)11-18(6)7)15(10-13(12)2)17(3,4)5;1-12-10-13(15(18-7)11-17(5)6)8-9-14(12)16(2,3)4;1-12-9-8-10-13(15(12)16(2,3)4)14(18-7)11-17(5)6/h5-7,10-12H,1-4H3;4-8,11-13H,1-3H3;4-6,9-12H,1-3H3;7-9,11H,1-4H3;9-10,16H,11H2,1-8H3;8-10,15H,11H2,1-7H3;8-10,14H,11H2,1-7H3. The maximum Gasteiger partial charge on any atom is 0.124 e. The number of methoxy groups -OCH3 is 3. The third-order valence-electron chi connectivity index (χ3n) is 22.1. The van der Waals surface area contributed by atoms with Gasteiger partial charge in [0.15, 0.2) is 0 Å². The fourth-order valence-corrected chi connectivity index (χ4v) is 15.3. The van der Waals surface area contributed by atoms with Crippen LogP contribution in [0.2, 0.25) is 0 Å². The Bertz CT molecular complexity index is 6100. The van der Waals surface area contributed by atoms with Gasteiger partial charge >= 0.3 is 0 Å². The molecule has 11 aromatic rings. The normalized spacial score (nSPS) is 11.8. The number of hydrogen-bond acceptors (Lipinski definition) is 14. The Morgan fingerprint density at radius 3 is 1.05 bits per heavy atom. The fourth-order valence-electron chi connectivity index (χ4n) is 14.7. The average Bonchev–Trinajstić information content (AvgIpc) is 0.905. The van der Waals surface area contributed by atoms with E-state index in [1.807, 2.05) is 153 Å². The lowest BCUT2D eigenvalue weighted by Crippen LogP contribution is -2.25. The first-order valence-electron chi connectivity index (χ1n) is 46.4. The highest BCUT2D eigenvalue weighted by molar-refractivity contribution is 7.09. The van der Waals surface area contributed by atoms with Gasteiger partial charge in [-0.15, -0.1) is 11.3 Å². The Morgan fingerprint density at radius 2 is 0.684 bits per heavy atom. The Labute approximate surface area is 824 Å². The number of benzene rings is 8. The Hall–Kier alpha value is -12.4. The lowest BCUT2D eigenvalue weighted by Gasteiger charge is -2.30. The Morgan fingerprint density at radius 1 is 0.309 bits per heavy atom. The third-order valence-corrected chi connectivity index (χ3v) is 22.9. The minimum absolute atomic E-state index is 0.000505. The molecule has 0 bridgehead atoms. The number of likely N-dealkylation sites (N-methyl/N-ethyl adjacent to an activating group) is 3. The molecule has 3 aromatic heterocycles. The minimum atomic E-state index is -0.00905. The van der Waals surface area contributed by atoms with Gasteiger partial charge in [0.1, 0.15) is 17.1 Å². The molecule has 136 heavy (non-hydrogen) atoms. The topological polar surface area (TPSA) is 171 Å². The quantitative estimate of drug-likeness (QED) is 0.106. The molecule has 0 N–H and O–H groups in total. The highest BCUT2D eigenvalue weighted by Crippen LogP contribution is 2.37. The molecule has 0 fully saturated rings. The van der Waals surface area contributed by atoms with Gasteiger partial charge in [0.2, 0.25) is 0 Å². The van der Waals surface area contributed by atoms with E-state index in [0.717, 1.165) is 97.5 Å². The molecule has 13 nitrogen and oxygen atoms in total. The number of ether oxygens (including phenoxy) is 3. The lowest BCUT2D eigenvalue weighted by molar-refractivity contribution is 0.0769. The van der Waals surface area contributed by atoms with Crippen LogP contribution in [0.1, 0.15) is 319 Å². The van der Waals surface area contributed by atoms with Gasteiger partial charge < -0.3 is 28.9 Å². The molecule has 0 amide bonds. The maximum atomic E-state index is 9.16. The van der Waals surface area contributed by atoms with Crippen LogP contribution >= 0.6 is 11.3 Å². The summed E-state index contributed by atoms with van der Waals surface area (Å²) in [5.74, 6) is 24.7. The van der Waals surface area contributed by atoms with Crippen molar-refractivity contribution in [2.75, 3.05) is 83.2 Å². The summed E-state index contributed by atoms with van der Waals surface area (Å²) < 4.78 is 17.0. The maximum absolute atomic E-state index is 9.16. The lowest BCUT2D eigenvalue weighted by atomic mass is 9.79. The molecule has 0 saturated heterocycles. The molecular weight excluding hydrogens is 1690 g/mol. The molecule has 0 aliphatic rings. The summed E-state index contributed by atoms with van der Waals surface area (Å²) in [6.07, 6.45) is 2.13. The number of thiazole rings is 1. The van der Waals surface area contributed by atoms with Gasteiger partial charge in [-0.3, -0.25) is 0 Å². The zero-order valence-corrected chi connectivity index (χ0v) is 89.3. The van der Waals surface area contributed by atoms with E-state index in [2.05, 4.69) is 371 Å². The average molecular weight is 1840 g/mol. The molecule has 0 radical (unpaired) electrons. The Balaban J connectivity index is 0.000000280. The number of hydrogen-bond donors (Lipinski definition) is 0. The highest BCUT2D eigenvalue weighted by Gasteiger charge is 2.28. The Kier molecular flexibility index (Phi) is 43.7. The largest absolute Gasteiger partial charge is 0.375 e. The van der Waals surface area contributed by atoms with Gasteiger partial charge in [0.05, 0.1) is 69.9 Å². The molecule has 11 rings (SSSR count). The first-order chi connectivity index (χ1) is 63.4. The van der Waals surface area contributed by atoms with Crippen molar-refractivity contribution in [1.82, 2.24) is 29.7 Å². The monoisotopic (exact) mass is 1840 g/mol. The second kappa shape index (κ2) is 52.1. The second-order valence-electron chi connectivity index (χ2n) is 42.5. The van der Waals surface area contributed by atoms with Gasteiger partial charge in [0, 0.05) is 86.1 Å². The summed E-state index contributed by atoms with van der Waals surface area (Å²) in [4.78, 5) is 19.4. The van der Waals surface area contributed by atoms with Crippen LogP contribution in [-0.4, -0.2) is 113 Å². The van der Waals surface area contributed by atoms with E-state index in [-0.39, 0.29) is 56.2 Å². The SMILES string of the molecule is CC(C)(C)c1cc(C#N)cc(C#Cc2ccccc2)c1.CC(C)(C)c1cc(C#N)cc(C#Cc2ccccn2)c1.COC(CN(C)C)c1cc(C)c(C)cc1C(C)(C)C.COC(CN(C)C)c1ccc(C(C)(C)C)c(C)c1.COC(CN(C)C)c1cccc(C)c1C(C)(C)C.Cc1cccc(C#Cc2cc(C#N)cc(C(C)(C)C)c2)n1.Cc1nc(C#Cc2cc(C#N)cc(C(C)(C)C)c2)cs1. The third kappa shape index (κ3) is 38.8. The summed E-state index contributed by atoms with van der Waals surface area (Å²) >= 11 is 1.59. The van der Waals surface area contributed by atoms with E-state index >= 15 is 0 Å². The molecule has 3 heterocycles. The van der Waals surface area contributed by atoms with Gasteiger partial charge in [-0.25, -0.2) is 15.0 Å². The van der Waals surface area contributed by atoms with Gasteiger partial charge in [-0.05, 0) is 327 Å². The summed E-state index contributed by atoms with van der Waals surface area (Å²) in [6.45, 7) is 61.3. The zero-order chi connectivity index (χ0) is 102. The number of aromatic nitrogens is 3. The van der Waals surface area contributed by atoms with Crippen molar-refractivity contribution in [2.45, 2.75) is 243 Å². The van der Waals surface area contributed by atoms with Crippen molar-refractivity contribution in [2.24, 2.45) is 0 Å². The van der Waals surface area contributed by atoms with E-state index in [1.54, 1.807) is 38.9 Å². The predicted octanol–water partition coefficient (Wildman–Crippen LogP) is 26.8. The summed E-state index contributed by atoms with van der Waals surface area (Å²) in [5, 5.41) is 39.5. The van der Waals surface area contributed by atoms with Crippen molar-refractivity contribution in [3.05, 3.63) is 355 Å². The first-order valence-corrected chi connectivity index (χ1v) is 47.3. The summed E-state index contributed by atoms with van der Waals surface area (Å²) in [7, 11) is 17.9. The molecule has 712 valence electrons. The molecule has 3 unspecified atom stereocenters. The van der Waals surface area contributed by atoms with Crippen LogP contribution in [0.25, 0.3) is 0 Å². The molecule has 8 aromatic carbocycles. The molecule has 0 aliphatic carbocycles. The summed E-state index contributed by atoms with van der Waals surface area (Å²) in [5.41, 5.74) is 28.7.